The number of Topliss-reactive ketones (excluding diaryl/α,β-unsaturated/α-hetero) is 1. The number of ketones is 1. The molecule has 5 nitrogen and oxygen atoms in total. The van der Waals surface area contributed by atoms with Crippen LogP contribution in [-0.4, -0.2) is 17.8 Å². The molecule has 0 aliphatic rings. The van der Waals surface area contributed by atoms with Gasteiger partial charge in [-0.2, -0.15) is 0 Å². The van der Waals surface area contributed by atoms with Crippen LogP contribution in [0.15, 0.2) is 12.1 Å². The Kier molecular flexibility index (Phi) is 3.72. The van der Waals surface area contributed by atoms with Crippen LogP contribution in [0.1, 0.15) is 29.3 Å². The molecule has 0 aliphatic heterocycles. The molecule has 1 aromatic carbocycles. The van der Waals surface area contributed by atoms with Gasteiger partial charge in [-0.15, -0.1) is 0 Å². The van der Waals surface area contributed by atoms with Crippen molar-refractivity contribution >= 4 is 11.5 Å². The highest BCUT2D eigenvalue weighted by Gasteiger charge is 2.24. The summed E-state index contributed by atoms with van der Waals surface area (Å²) in [5.74, 6) is -0.898. The van der Waals surface area contributed by atoms with Crippen molar-refractivity contribution in [2.45, 2.75) is 13.3 Å². The smallest absolute Gasteiger partial charge is 0.270 e. The summed E-state index contributed by atoms with van der Waals surface area (Å²) in [4.78, 5) is 21.0. The highest BCUT2D eigenvalue weighted by atomic mass is 19.3. The Balaban J connectivity index is 3.57. The number of carbonyl (C=O) groups excluding carboxylic acids is 1. The summed E-state index contributed by atoms with van der Waals surface area (Å²) >= 11 is 0. The number of nitro groups is 1. The molecule has 1 rings (SSSR count). The molecule has 17 heavy (non-hydrogen) atoms. The van der Waals surface area contributed by atoms with Crippen LogP contribution >= 0.6 is 0 Å². The van der Waals surface area contributed by atoms with E-state index in [9.17, 15) is 23.7 Å². The molecule has 0 radical (unpaired) electrons. The van der Waals surface area contributed by atoms with Crippen LogP contribution in [0.4, 0.5) is 14.5 Å². The van der Waals surface area contributed by atoms with Crippen molar-refractivity contribution in [3.8, 4) is 5.75 Å². The molecule has 0 saturated carbocycles. The van der Waals surface area contributed by atoms with Crippen molar-refractivity contribution < 1.29 is 23.2 Å². The molecule has 0 heterocycles. The van der Waals surface area contributed by atoms with Gasteiger partial charge in [-0.3, -0.25) is 14.9 Å². The van der Waals surface area contributed by atoms with Gasteiger partial charge in [0.25, 0.3) is 12.1 Å². The third-order valence-corrected chi connectivity index (χ3v) is 2.13. The number of nitrogens with zero attached hydrogens (tertiary/aromatic N) is 1. The first-order chi connectivity index (χ1) is 7.88. The number of rotatable bonds is 4. The summed E-state index contributed by atoms with van der Waals surface area (Å²) in [6.07, 6.45) is -2.96. The molecule has 0 saturated heterocycles. The van der Waals surface area contributed by atoms with Crippen molar-refractivity contribution in [1.82, 2.24) is 0 Å². The zero-order valence-corrected chi connectivity index (χ0v) is 9.07. The number of ether oxygens (including phenoxy) is 1. The first kappa shape index (κ1) is 13.0. The van der Waals surface area contributed by atoms with Gasteiger partial charge >= 0.3 is 0 Å². The number of methoxy groups -OCH3 is 1. The summed E-state index contributed by atoms with van der Waals surface area (Å²) < 4.78 is 30.1. The Bertz CT molecular complexity index is 474. The first-order valence-corrected chi connectivity index (χ1v) is 4.54. The van der Waals surface area contributed by atoms with Crippen LogP contribution in [0.5, 0.6) is 5.75 Å². The van der Waals surface area contributed by atoms with Gasteiger partial charge in [-0.25, -0.2) is 8.78 Å². The fraction of sp³-hybridized carbons (Fsp3) is 0.300. The zero-order chi connectivity index (χ0) is 13.2. The van der Waals surface area contributed by atoms with Gasteiger partial charge in [0.15, 0.2) is 5.78 Å². The normalized spacial score (nSPS) is 10.4. The van der Waals surface area contributed by atoms with E-state index >= 15 is 0 Å². The molecule has 0 spiro atoms. The van der Waals surface area contributed by atoms with Gasteiger partial charge < -0.3 is 4.74 Å². The third kappa shape index (κ3) is 2.55. The van der Waals surface area contributed by atoms with Crippen LogP contribution in [0.3, 0.4) is 0 Å². The molecule has 1 aromatic rings. The van der Waals surface area contributed by atoms with E-state index in [2.05, 4.69) is 0 Å². The van der Waals surface area contributed by atoms with E-state index in [4.69, 9.17) is 4.74 Å². The van der Waals surface area contributed by atoms with Crippen molar-refractivity contribution in [3.63, 3.8) is 0 Å². The second-order valence-corrected chi connectivity index (χ2v) is 3.23. The van der Waals surface area contributed by atoms with E-state index in [0.717, 1.165) is 20.1 Å². The van der Waals surface area contributed by atoms with Crippen molar-refractivity contribution in [1.29, 1.82) is 0 Å². The Morgan fingerprint density at radius 2 is 2.06 bits per heavy atom. The molecule has 0 fully saturated rings. The molecule has 0 amide bonds. The third-order valence-electron chi connectivity index (χ3n) is 2.13. The minimum absolute atomic E-state index is 0.225. The lowest BCUT2D eigenvalue weighted by molar-refractivity contribution is -0.385. The van der Waals surface area contributed by atoms with Gasteiger partial charge in [0.2, 0.25) is 0 Å². The van der Waals surface area contributed by atoms with E-state index in [1.165, 1.54) is 0 Å². The van der Waals surface area contributed by atoms with Gasteiger partial charge in [0.1, 0.15) is 5.75 Å². The van der Waals surface area contributed by atoms with Crippen LogP contribution in [0.2, 0.25) is 0 Å². The average molecular weight is 245 g/mol. The zero-order valence-electron chi connectivity index (χ0n) is 9.07. The topological polar surface area (TPSA) is 69.4 Å². The molecular weight excluding hydrogens is 236 g/mol. The Labute approximate surface area is 95.2 Å². The fourth-order valence-corrected chi connectivity index (χ4v) is 1.39. The summed E-state index contributed by atoms with van der Waals surface area (Å²) in [6, 6.07) is 1.63. The summed E-state index contributed by atoms with van der Waals surface area (Å²) in [5.41, 5.74) is -1.45. The van der Waals surface area contributed by atoms with Crippen molar-refractivity contribution in [2.75, 3.05) is 7.11 Å². The van der Waals surface area contributed by atoms with Gasteiger partial charge in [-0.05, 0) is 6.92 Å². The highest BCUT2D eigenvalue weighted by Crippen LogP contribution is 2.35. The molecule has 0 atom stereocenters. The summed E-state index contributed by atoms with van der Waals surface area (Å²) in [5, 5.41) is 10.6. The number of non-ortho nitro benzene ring substituents is 1. The average Bonchev–Trinajstić information content (AvgIpc) is 2.26. The standard InChI is InChI=1S/C10H9F2NO4/c1-5(14)7-3-6(13(15)16)4-8(10(11)12)9(7)17-2/h3-4,10H,1-2H3. The van der Waals surface area contributed by atoms with Gasteiger partial charge in [0, 0.05) is 12.1 Å². The van der Waals surface area contributed by atoms with Crippen LogP contribution in [0, 0.1) is 10.1 Å². The minimum Gasteiger partial charge on any atom is -0.495 e. The van der Waals surface area contributed by atoms with E-state index < -0.39 is 28.4 Å². The maximum atomic E-state index is 12.7. The number of alkyl halides is 2. The Morgan fingerprint density at radius 1 is 1.47 bits per heavy atom. The largest absolute Gasteiger partial charge is 0.495 e. The fourth-order valence-electron chi connectivity index (χ4n) is 1.39. The van der Waals surface area contributed by atoms with E-state index in [1.54, 1.807) is 0 Å². The van der Waals surface area contributed by atoms with Crippen LogP contribution < -0.4 is 4.74 Å². The number of halogens is 2. The number of hydrogen-bond donors (Lipinski definition) is 0. The molecule has 0 aliphatic carbocycles. The molecule has 0 aromatic heterocycles. The SMILES string of the molecule is COc1c(C(C)=O)cc([N+](=O)[O-])cc1C(F)F. The second kappa shape index (κ2) is 4.86. The van der Waals surface area contributed by atoms with E-state index in [0.29, 0.717) is 6.07 Å². The van der Waals surface area contributed by atoms with E-state index in [1.807, 2.05) is 0 Å². The van der Waals surface area contributed by atoms with Crippen molar-refractivity contribution in [3.05, 3.63) is 33.4 Å². The highest BCUT2D eigenvalue weighted by molar-refractivity contribution is 5.98. The van der Waals surface area contributed by atoms with Gasteiger partial charge in [-0.1, -0.05) is 0 Å². The number of hydrogen-bond acceptors (Lipinski definition) is 4. The molecular formula is C10H9F2NO4. The molecule has 0 bridgehead atoms. The Hall–Kier alpha value is -2.05. The number of carbonyl (C=O) groups is 1. The molecule has 7 heteroatoms. The predicted octanol–water partition coefficient (Wildman–Crippen LogP) is 2.74. The lowest BCUT2D eigenvalue weighted by Gasteiger charge is -2.11. The minimum atomic E-state index is -2.96. The summed E-state index contributed by atoms with van der Waals surface area (Å²) in [6.45, 7) is 1.12. The number of nitro benzene ring substituents is 1. The number of benzene rings is 1. The maximum Gasteiger partial charge on any atom is 0.270 e. The first-order valence-electron chi connectivity index (χ1n) is 4.54. The monoisotopic (exact) mass is 245 g/mol. The lowest BCUT2D eigenvalue weighted by atomic mass is 10.0. The van der Waals surface area contributed by atoms with Crippen LogP contribution in [0.25, 0.3) is 0 Å². The van der Waals surface area contributed by atoms with Crippen molar-refractivity contribution in [2.24, 2.45) is 0 Å². The van der Waals surface area contributed by atoms with Gasteiger partial charge in [0.05, 0.1) is 23.2 Å². The molecule has 0 N–H and O–H groups in total. The second-order valence-electron chi connectivity index (χ2n) is 3.23. The molecule has 0 unspecified atom stereocenters. The van der Waals surface area contributed by atoms with E-state index in [-0.39, 0.29) is 11.3 Å². The summed E-state index contributed by atoms with van der Waals surface area (Å²) in [7, 11) is 1.12. The quantitative estimate of drug-likeness (QED) is 0.464. The predicted molar refractivity (Wildman–Crippen MR) is 54.6 cm³/mol. The maximum absolute atomic E-state index is 12.7. The van der Waals surface area contributed by atoms with Crippen LogP contribution in [-0.2, 0) is 0 Å². The lowest BCUT2D eigenvalue weighted by Crippen LogP contribution is -2.04. The molecule has 92 valence electrons. The Morgan fingerprint density at radius 3 is 2.41 bits per heavy atom.